The molecule has 0 aromatic heterocycles. The van der Waals surface area contributed by atoms with Crippen molar-refractivity contribution in [3.8, 4) is 0 Å². The minimum Gasteiger partial charge on any atom is -0.481 e. The Hall–Kier alpha value is -2.88. The van der Waals surface area contributed by atoms with Crippen LogP contribution in [0.1, 0.15) is 29.9 Å². The summed E-state index contributed by atoms with van der Waals surface area (Å²) in [6.45, 7) is 0. The van der Waals surface area contributed by atoms with Crippen LogP contribution in [0.3, 0.4) is 0 Å². The molecule has 24 heavy (non-hydrogen) atoms. The number of rotatable bonds is 8. The van der Waals surface area contributed by atoms with Gasteiger partial charge in [0.05, 0.1) is 12.3 Å². The quantitative estimate of drug-likeness (QED) is 0.721. The number of benzene rings is 2. The lowest BCUT2D eigenvalue weighted by molar-refractivity contribution is -0.148. The summed E-state index contributed by atoms with van der Waals surface area (Å²) >= 11 is 0. The summed E-state index contributed by atoms with van der Waals surface area (Å²) in [6, 6.07) is 19.8. The molecule has 0 fully saturated rings. The van der Waals surface area contributed by atoms with E-state index in [1.165, 1.54) is 0 Å². The molecule has 0 saturated carbocycles. The van der Waals surface area contributed by atoms with Crippen LogP contribution in [0.5, 0.6) is 0 Å². The number of carboxylic acids is 2. The smallest absolute Gasteiger partial charge is 0.307 e. The van der Waals surface area contributed by atoms with Crippen LogP contribution in [-0.2, 0) is 9.59 Å². The highest BCUT2D eigenvalue weighted by molar-refractivity contribution is 5.77. The van der Waals surface area contributed by atoms with Crippen LogP contribution < -0.4 is 0 Å². The first-order valence-electron chi connectivity index (χ1n) is 7.79. The van der Waals surface area contributed by atoms with Gasteiger partial charge in [-0.25, -0.2) is 0 Å². The predicted octanol–water partition coefficient (Wildman–Crippen LogP) is 3.94. The van der Waals surface area contributed by atoms with Crippen LogP contribution >= 0.6 is 0 Å². The number of allylic oxidation sites excluding steroid dienone is 2. The molecule has 0 heterocycles. The summed E-state index contributed by atoms with van der Waals surface area (Å²) in [5.74, 6) is -3.09. The first-order valence-corrected chi connectivity index (χ1v) is 7.79. The van der Waals surface area contributed by atoms with E-state index in [1.54, 1.807) is 6.08 Å². The summed E-state index contributed by atoms with van der Waals surface area (Å²) in [7, 11) is 0. The summed E-state index contributed by atoms with van der Waals surface area (Å²) in [6.07, 6.45) is 3.54. The molecule has 0 amide bonds. The van der Waals surface area contributed by atoms with E-state index < -0.39 is 17.9 Å². The van der Waals surface area contributed by atoms with Crippen LogP contribution in [0.15, 0.2) is 72.8 Å². The van der Waals surface area contributed by atoms with E-state index in [9.17, 15) is 9.59 Å². The fraction of sp³-hybridized carbons (Fsp3) is 0.200. The lowest BCUT2D eigenvalue weighted by atomic mass is 9.90. The minimum absolute atomic E-state index is 0.00618. The molecule has 0 aliphatic rings. The first kappa shape index (κ1) is 17.5. The second-order valence-electron chi connectivity index (χ2n) is 5.60. The monoisotopic (exact) mass is 324 g/mol. The SMILES string of the molecule is O=C(O)CC(CC=CC(c1ccccc1)c1ccccc1)C(=O)O. The second kappa shape index (κ2) is 8.67. The molecular weight excluding hydrogens is 304 g/mol. The van der Waals surface area contributed by atoms with Gasteiger partial charge >= 0.3 is 11.9 Å². The van der Waals surface area contributed by atoms with Gasteiger partial charge in [-0.15, -0.1) is 0 Å². The molecule has 2 N–H and O–H groups in total. The topological polar surface area (TPSA) is 74.6 Å². The maximum atomic E-state index is 11.2. The number of hydrogen-bond acceptors (Lipinski definition) is 2. The zero-order valence-electron chi connectivity index (χ0n) is 13.2. The van der Waals surface area contributed by atoms with E-state index in [-0.39, 0.29) is 18.8 Å². The summed E-state index contributed by atoms with van der Waals surface area (Å²) in [5, 5.41) is 17.9. The van der Waals surface area contributed by atoms with E-state index in [0.717, 1.165) is 11.1 Å². The van der Waals surface area contributed by atoms with Crippen LogP contribution in [0, 0.1) is 5.92 Å². The third kappa shape index (κ3) is 5.09. The van der Waals surface area contributed by atoms with Crippen LogP contribution in [-0.4, -0.2) is 22.2 Å². The summed E-state index contributed by atoms with van der Waals surface area (Å²) in [5.41, 5.74) is 2.20. The molecular formula is C20H20O4. The Bertz CT molecular complexity index is 653. The first-order chi connectivity index (χ1) is 11.6. The van der Waals surface area contributed by atoms with Crippen molar-refractivity contribution in [3.05, 3.63) is 83.9 Å². The van der Waals surface area contributed by atoms with Crippen molar-refractivity contribution < 1.29 is 19.8 Å². The van der Waals surface area contributed by atoms with Crippen LogP contribution in [0.25, 0.3) is 0 Å². The maximum Gasteiger partial charge on any atom is 0.307 e. The molecule has 2 aromatic carbocycles. The fourth-order valence-corrected chi connectivity index (χ4v) is 2.60. The average molecular weight is 324 g/mol. The van der Waals surface area contributed by atoms with Gasteiger partial charge < -0.3 is 10.2 Å². The number of carbonyl (C=O) groups is 2. The minimum atomic E-state index is -1.10. The van der Waals surface area contributed by atoms with Crippen molar-refractivity contribution in [1.82, 2.24) is 0 Å². The van der Waals surface area contributed by atoms with Gasteiger partial charge in [0.1, 0.15) is 0 Å². The largest absolute Gasteiger partial charge is 0.481 e. The highest BCUT2D eigenvalue weighted by atomic mass is 16.4. The Kier molecular flexibility index (Phi) is 6.32. The molecule has 2 rings (SSSR count). The van der Waals surface area contributed by atoms with Gasteiger partial charge in [-0.3, -0.25) is 9.59 Å². The standard InChI is InChI=1S/C20H20O4/c21-19(22)14-17(20(23)24)12-7-13-18(15-8-3-1-4-9-15)16-10-5-2-6-11-16/h1-11,13,17-18H,12,14H2,(H,21,22)(H,23,24). The molecule has 4 nitrogen and oxygen atoms in total. The molecule has 0 spiro atoms. The lowest BCUT2D eigenvalue weighted by Crippen LogP contribution is -2.17. The fourth-order valence-electron chi connectivity index (χ4n) is 2.60. The van der Waals surface area contributed by atoms with Gasteiger partial charge in [0.2, 0.25) is 0 Å². The van der Waals surface area contributed by atoms with Gasteiger partial charge in [0, 0.05) is 5.92 Å². The third-order valence-corrected chi connectivity index (χ3v) is 3.84. The predicted molar refractivity (Wildman–Crippen MR) is 91.9 cm³/mol. The van der Waals surface area contributed by atoms with Crippen molar-refractivity contribution in [2.75, 3.05) is 0 Å². The van der Waals surface area contributed by atoms with Crippen molar-refractivity contribution in [2.45, 2.75) is 18.8 Å². The molecule has 124 valence electrons. The number of hydrogen-bond donors (Lipinski definition) is 2. The van der Waals surface area contributed by atoms with E-state index in [1.807, 2.05) is 66.7 Å². The van der Waals surface area contributed by atoms with Gasteiger partial charge in [-0.2, -0.15) is 0 Å². The molecule has 0 aliphatic carbocycles. The van der Waals surface area contributed by atoms with Gasteiger partial charge in [-0.05, 0) is 17.5 Å². The third-order valence-electron chi connectivity index (χ3n) is 3.84. The normalized spacial score (nSPS) is 12.4. The summed E-state index contributed by atoms with van der Waals surface area (Å²) < 4.78 is 0. The van der Waals surface area contributed by atoms with Crippen LogP contribution in [0.4, 0.5) is 0 Å². The van der Waals surface area contributed by atoms with Crippen LogP contribution in [0.2, 0.25) is 0 Å². The molecule has 2 aromatic rings. The van der Waals surface area contributed by atoms with Crippen molar-refractivity contribution in [2.24, 2.45) is 5.92 Å². The van der Waals surface area contributed by atoms with Gasteiger partial charge in [-0.1, -0.05) is 72.8 Å². The Morgan fingerprint density at radius 1 is 0.875 bits per heavy atom. The lowest BCUT2D eigenvalue weighted by Gasteiger charge is -2.14. The van der Waals surface area contributed by atoms with Gasteiger partial charge in [0.25, 0.3) is 0 Å². The van der Waals surface area contributed by atoms with Gasteiger partial charge in [0.15, 0.2) is 0 Å². The molecule has 4 heteroatoms. The molecule has 1 atom stereocenters. The highest BCUT2D eigenvalue weighted by Gasteiger charge is 2.19. The number of carboxylic acid groups (broad SMARTS) is 2. The number of aliphatic carboxylic acids is 2. The van der Waals surface area contributed by atoms with E-state index >= 15 is 0 Å². The molecule has 0 bridgehead atoms. The molecule has 0 aliphatic heterocycles. The average Bonchev–Trinajstić information content (AvgIpc) is 2.58. The Morgan fingerprint density at radius 3 is 1.79 bits per heavy atom. The van der Waals surface area contributed by atoms with E-state index in [0.29, 0.717) is 0 Å². The maximum absolute atomic E-state index is 11.2. The van der Waals surface area contributed by atoms with Crippen molar-refractivity contribution in [1.29, 1.82) is 0 Å². The Morgan fingerprint density at radius 2 is 1.38 bits per heavy atom. The second-order valence-corrected chi connectivity index (χ2v) is 5.60. The molecule has 1 unspecified atom stereocenters. The van der Waals surface area contributed by atoms with Crippen molar-refractivity contribution in [3.63, 3.8) is 0 Å². The highest BCUT2D eigenvalue weighted by Crippen LogP contribution is 2.26. The Labute approximate surface area is 141 Å². The van der Waals surface area contributed by atoms with Crippen molar-refractivity contribution >= 4 is 11.9 Å². The molecule has 0 radical (unpaired) electrons. The zero-order valence-corrected chi connectivity index (χ0v) is 13.2. The van der Waals surface area contributed by atoms with E-state index in [4.69, 9.17) is 10.2 Å². The summed E-state index contributed by atoms with van der Waals surface area (Å²) in [4.78, 5) is 21.9. The molecule has 0 saturated heterocycles. The zero-order chi connectivity index (χ0) is 17.4. The van der Waals surface area contributed by atoms with E-state index in [2.05, 4.69) is 0 Å². The Balaban J connectivity index is 2.19.